The fourth-order valence-corrected chi connectivity index (χ4v) is 2.42. The van der Waals surface area contributed by atoms with E-state index in [9.17, 15) is 14.9 Å². The van der Waals surface area contributed by atoms with E-state index < -0.39 is 17.6 Å². The molecule has 1 N–H and O–H groups in total. The van der Waals surface area contributed by atoms with Crippen molar-refractivity contribution < 1.29 is 19.1 Å². The topological polar surface area (TPSA) is 101 Å². The molecule has 2 aromatic rings. The molecular weight excluding hydrogens is 322 g/mol. The zero-order valence-electron chi connectivity index (χ0n) is 13.3. The van der Waals surface area contributed by atoms with E-state index in [2.05, 4.69) is 10.3 Å². The molecule has 126 valence electrons. The molecule has 1 aliphatic heterocycles. The highest BCUT2D eigenvalue weighted by atomic mass is 16.7. The van der Waals surface area contributed by atoms with Crippen LogP contribution in [0.2, 0.25) is 0 Å². The zero-order valence-corrected chi connectivity index (χ0v) is 13.3. The van der Waals surface area contributed by atoms with Gasteiger partial charge < -0.3 is 14.8 Å². The number of nitriles is 1. The molecule has 1 amide bonds. The number of carbonyl (C=O) groups excluding carboxylic acids is 2. The highest BCUT2D eigenvalue weighted by Gasteiger charge is 2.26. The minimum Gasteiger partial charge on any atom is -0.454 e. The predicted octanol–water partition coefficient (Wildman–Crippen LogP) is 2.09. The number of pyridine rings is 1. The highest BCUT2D eigenvalue weighted by Crippen LogP contribution is 2.32. The maximum absolute atomic E-state index is 12.3. The van der Waals surface area contributed by atoms with Gasteiger partial charge in [0.25, 0.3) is 5.91 Å². The highest BCUT2D eigenvalue weighted by molar-refractivity contribution is 6.09. The van der Waals surface area contributed by atoms with Crippen LogP contribution in [0.15, 0.2) is 42.6 Å². The number of fused-ring (bicyclic) bond motifs is 1. The molecule has 0 saturated heterocycles. The Hall–Kier alpha value is -3.40. The average Bonchev–Trinajstić information content (AvgIpc) is 3.09. The van der Waals surface area contributed by atoms with Gasteiger partial charge in [0, 0.05) is 12.6 Å². The molecule has 1 aromatic carbocycles. The molecule has 0 saturated carbocycles. The lowest BCUT2D eigenvalue weighted by atomic mass is 9.98. The van der Waals surface area contributed by atoms with E-state index in [1.165, 1.54) is 6.20 Å². The van der Waals surface area contributed by atoms with Gasteiger partial charge in [0.2, 0.25) is 6.79 Å². The Kier molecular flexibility index (Phi) is 4.90. The van der Waals surface area contributed by atoms with E-state index >= 15 is 0 Å². The summed E-state index contributed by atoms with van der Waals surface area (Å²) in [6.07, 6.45) is 2.00. The van der Waals surface area contributed by atoms with E-state index in [0.29, 0.717) is 23.7 Å². The summed E-state index contributed by atoms with van der Waals surface area (Å²) < 4.78 is 10.5. The van der Waals surface area contributed by atoms with Gasteiger partial charge in [-0.25, -0.2) is 4.98 Å². The number of hydrogen-bond acceptors (Lipinski definition) is 6. The summed E-state index contributed by atoms with van der Waals surface area (Å²) in [7, 11) is 0. The summed E-state index contributed by atoms with van der Waals surface area (Å²) in [4.78, 5) is 28.3. The van der Waals surface area contributed by atoms with Gasteiger partial charge in [-0.3, -0.25) is 9.59 Å². The number of amides is 1. The van der Waals surface area contributed by atoms with Crippen LogP contribution in [0.3, 0.4) is 0 Å². The monoisotopic (exact) mass is 337 g/mol. The number of anilines is 1. The number of hydrogen-bond donors (Lipinski definition) is 1. The smallest absolute Gasteiger partial charge is 0.250 e. The van der Waals surface area contributed by atoms with Crippen LogP contribution in [-0.2, 0) is 16.0 Å². The molecular formula is C18H15N3O4. The molecule has 0 aliphatic carbocycles. The molecule has 7 heteroatoms. The molecule has 1 aliphatic rings. The third-order valence-electron chi connectivity index (χ3n) is 3.73. The van der Waals surface area contributed by atoms with Crippen molar-refractivity contribution in [1.29, 1.82) is 5.26 Å². The summed E-state index contributed by atoms with van der Waals surface area (Å²) in [5, 5.41) is 11.7. The zero-order chi connectivity index (χ0) is 17.6. The van der Waals surface area contributed by atoms with Crippen molar-refractivity contribution in [2.75, 3.05) is 12.1 Å². The van der Waals surface area contributed by atoms with E-state index in [1.54, 1.807) is 36.4 Å². The first-order valence-electron chi connectivity index (χ1n) is 7.70. The Morgan fingerprint density at radius 1 is 1.24 bits per heavy atom. The maximum Gasteiger partial charge on any atom is 0.250 e. The second-order valence-electron chi connectivity index (χ2n) is 5.42. The van der Waals surface area contributed by atoms with Gasteiger partial charge in [-0.15, -0.1) is 0 Å². The van der Waals surface area contributed by atoms with Gasteiger partial charge in [-0.2, -0.15) is 5.26 Å². The first-order valence-corrected chi connectivity index (χ1v) is 7.70. The third kappa shape index (κ3) is 3.93. The molecule has 0 spiro atoms. The lowest BCUT2D eigenvalue weighted by Gasteiger charge is -2.09. The number of aromatic nitrogens is 1. The van der Waals surface area contributed by atoms with Crippen LogP contribution in [0.4, 0.5) is 5.82 Å². The largest absolute Gasteiger partial charge is 0.454 e. The quantitative estimate of drug-likeness (QED) is 0.810. The lowest BCUT2D eigenvalue weighted by Crippen LogP contribution is -2.29. The maximum atomic E-state index is 12.3. The molecule has 7 nitrogen and oxygen atoms in total. The summed E-state index contributed by atoms with van der Waals surface area (Å²) in [5.74, 6) is -0.868. The molecule has 1 aromatic heterocycles. The Balaban J connectivity index is 1.59. The van der Waals surface area contributed by atoms with Crippen LogP contribution < -0.4 is 14.8 Å². The van der Waals surface area contributed by atoms with Crippen LogP contribution in [0.1, 0.15) is 12.0 Å². The Bertz CT molecular complexity index is 830. The molecule has 0 unspecified atom stereocenters. The van der Waals surface area contributed by atoms with E-state index in [0.717, 1.165) is 5.56 Å². The van der Waals surface area contributed by atoms with Crippen molar-refractivity contribution in [3.8, 4) is 17.6 Å². The molecule has 3 rings (SSSR count). The molecule has 0 bridgehead atoms. The number of benzene rings is 1. The minimum atomic E-state index is -1.36. The normalized spacial score (nSPS) is 12.9. The molecule has 2 heterocycles. The number of nitrogens with one attached hydrogen (secondary N) is 1. The molecule has 25 heavy (non-hydrogen) atoms. The summed E-state index contributed by atoms with van der Waals surface area (Å²) >= 11 is 0. The fraction of sp³-hybridized carbons (Fsp3) is 0.222. The summed E-state index contributed by atoms with van der Waals surface area (Å²) in [6, 6.07) is 12.2. The van der Waals surface area contributed by atoms with Crippen LogP contribution in [0, 0.1) is 17.2 Å². The number of Topliss-reactive ketones (excluding diaryl/α,β-unsaturated/α-hetero) is 1. The van der Waals surface area contributed by atoms with Crippen molar-refractivity contribution in [2.24, 2.45) is 5.92 Å². The van der Waals surface area contributed by atoms with Crippen molar-refractivity contribution in [3.05, 3.63) is 48.2 Å². The van der Waals surface area contributed by atoms with Gasteiger partial charge in [0.05, 0.1) is 6.07 Å². The van der Waals surface area contributed by atoms with Gasteiger partial charge in [0.1, 0.15) is 5.82 Å². The fourth-order valence-electron chi connectivity index (χ4n) is 2.42. The minimum absolute atomic E-state index is 0.0769. The number of rotatable bonds is 6. The van der Waals surface area contributed by atoms with Crippen molar-refractivity contribution in [1.82, 2.24) is 4.98 Å². The number of aryl methyl sites for hydroxylation is 1. The third-order valence-corrected chi connectivity index (χ3v) is 3.73. The van der Waals surface area contributed by atoms with Crippen molar-refractivity contribution >= 4 is 17.5 Å². The molecule has 1 atom stereocenters. The lowest BCUT2D eigenvalue weighted by molar-refractivity contribution is -0.128. The first kappa shape index (κ1) is 16.5. The molecule has 0 fully saturated rings. The molecule has 0 radical (unpaired) electrons. The van der Waals surface area contributed by atoms with Gasteiger partial charge in [-0.1, -0.05) is 12.1 Å². The standard InChI is InChI=1S/C18H15N3O4/c19-10-13(18(23)21-17-3-1-2-8-20-17)14(22)6-4-12-5-7-15-16(9-12)25-11-24-15/h1-3,5,7-9,13H,4,6,11H2,(H,20,21,23)/t13-/m0/s1. The van der Waals surface area contributed by atoms with Crippen LogP contribution in [0.25, 0.3) is 0 Å². The summed E-state index contributed by atoms with van der Waals surface area (Å²) in [5.41, 5.74) is 0.874. The van der Waals surface area contributed by atoms with Crippen LogP contribution in [-0.4, -0.2) is 23.5 Å². The van der Waals surface area contributed by atoms with Gasteiger partial charge in [0.15, 0.2) is 23.2 Å². The predicted molar refractivity (Wildman–Crippen MR) is 87.9 cm³/mol. The Morgan fingerprint density at radius 2 is 2.08 bits per heavy atom. The summed E-state index contributed by atoms with van der Waals surface area (Å²) in [6.45, 7) is 0.182. The number of nitrogens with zero attached hydrogens (tertiary/aromatic N) is 2. The van der Waals surface area contributed by atoms with Crippen molar-refractivity contribution in [2.45, 2.75) is 12.8 Å². The van der Waals surface area contributed by atoms with Crippen LogP contribution >= 0.6 is 0 Å². The van der Waals surface area contributed by atoms with Crippen LogP contribution in [0.5, 0.6) is 11.5 Å². The van der Waals surface area contributed by atoms with Gasteiger partial charge >= 0.3 is 0 Å². The second kappa shape index (κ2) is 7.45. The first-order chi connectivity index (χ1) is 12.2. The number of ketones is 1. The van der Waals surface area contributed by atoms with E-state index in [4.69, 9.17) is 9.47 Å². The number of carbonyl (C=O) groups is 2. The number of ether oxygens (including phenoxy) is 2. The average molecular weight is 337 g/mol. The Morgan fingerprint density at radius 3 is 2.84 bits per heavy atom. The second-order valence-corrected chi connectivity index (χ2v) is 5.42. The Labute approximate surface area is 144 Å². The van der Waals surface area contributed by atoms with E-state index in [-0.39, 0.29) is 13.2 Å². The van der Waals surface area contributed by atoms with Gasteiger partial charge in [-0.05, 0) is 36.2 Å². The van der Waals surface area contributed by atoms with Crippen molar-refractivity contribution in [3.63, 3.8) is 0 Å². The SMILES string of the molecule is N#C[C@@H](C(=O)CCc1ccc2c(c1)OCO2)C(=O)Nc1ccccn1. The van der Waals surface area contributed by atoms with E-state index in [1.807, 2.05) is 6.07 Å².